The Kier molecular flexibility index (Phi) is 8.12. The molecule has 0 aliphatic heterocycles. The summed E-state index contributed by atoms with van der Waals surface area (Å²) in [5, 5.41) is 3.07. The number of aryl methyl sites for hydroxylation is 4. The first kappa shape index (κ1) is 24.5. The quantitative estimate of drug-likeness (QED) is 0.620. The molecule has 0 spiro atoms. The molecule has 2 N–H and O–H groups in total. The van der Waals surface area contributed by atoms with Gasteiger partial charge in [0, 0.05) is 19.0 Å². The van der Waals surface area contributed by atoms with Gasteiger partial charge in [-0.25, -0.2) is 13.1 Å². The summed E-state index contributed by atoms with van der Waals surface area (Å²) in [5.41, 5.74) is 5.09. The second-order valence-electron chi connectivity index (χ2n) is 9.32. The Labute approximate surface area is 193 Å². The van der Waals surface area contributed by atoms with Gasteiger partial charge in [0.05, 0.1) is 4.90 Å². The first-order chi connectivity index (χ1) is 15.2. The highest BCUT2D eigenvalue weighted by atomic mass is 32.2. The maximum Gasteiger partial charge on any atom is 0.241 e. The van der Waals surface area contributed by atoms with Crippen LogP contribution in [-0.4, -0.2) is 27.4 Å². The fraction of sp³-hybridized carbons (Fsp3) is 0.500. The van der Waals surface area contributed by atoms with E-state index in [1.165, 1.54) is 11.1 Å². The molecule has 5 nitrogen and oxygen atoms in total. The average Bonchev–Trinajstić information content (AvgIpc) is 2.73. The van der Waals surface area contributed by atoms with Gasteiger partial charge in [-0.3, -0.25) is 4.79 Å². The van der Waals surface area contributed by atoms with E-state index in [9.17, 15) is 13.2 Å². The lowest BCUT2D eigenvalue weighted by Crippen LogP contribution is -2.37. The third kappa shape index (κ3) is 6.42. The van der Waals surface area contributed by atoms with Crippen molar-refractivity contribution < 1.29 is 13.2 Å². The van der Waals surface area contributed by atoms with Crippen molar-refractivity contribution in [2.75, 3.05) is 13.1 Å². The molecule has 2 aromatic rings. The van der Waals surface area contributed by atoms with Gasteiger partial charge in [-0.2, -0.15) is 0 Å². The van der Waals surface area contributed by atoms with Crippen LogP contribution in [0.5, 0.6) is 0 Å². The molecule has 0 aromatic heterocycles. The lowest BCUT2D eigenvalue weighted by atomic mass is 9.81. The Morgan fingerprint density at radius 3 is 2.09 bits per heavy atom. The minimum absolute atomic E-state index is 0.0301. The predicted octanol–water partition coefficient (Wildman–Crippen LogP) is 4.36. The van der Waals surface area contributed by atoms with Crippen LogP contribution in [0.15, 0.2) is 41.3 Å². The van der Waals surface area contributed by atoms with Crippen molar-refractivity contribution >= 4 is 15.9 Å². The van der Waals surface area contributed by atoms with E-state index in [1.807, 2.05) is 32.9 Å². The second kappa shape index (κ2) is 10.6. The minimum atomic E-state index is -3.54. The summed E-state index contributed by atoms with van der Waals surface area (Å²) in [4.78, 5) is 12.9. The van der Waals surface area contributed by atoms with Crippen molar-refractivity contribution in [1.82, 2.24) is 10.0 Å². The average molecular weight is 457 g/mol. The van der Waals surface area contributed by atoms with Crippen molar-refractivity contribution in [2.45, 2.75) is 64.7 Å². The molecule has 1 amide bonds. The number of hydrogen-bond acceptors (Lipinski definition) is 3. The van der Waals surface area contributed by atoms with Gasteiger partial charge in [0.2, 0.25) is 15.9 Å². The number of hydrogen-bond donors (Lipinski definition) is 2. The van der Waals surface area contributed by atoms with E-state index in [-0.39, 0.29) is 17.7 Å². The van der Waals surface area contributed by atoms with E-state index in [2.05, 4.69) is 41.2 Å². The van der Waals surface area contributed by atoms with Crippen LogP contribution in [0.3, 0.4) is 0 Å². The molecule has 1 saturated carbocycles. The summed E-state index contributed by atoms with van der Waals surface area (Å²) in [7, 11) is -3.54. The monoisotopic (exact) mass is 456 g/mol. The number of rotatable bonds is 8. The van der Waals surface area contributed by atoms with Crippen LogP contribution in [0.1, 0.15) is 53.5 Å². The first-order valence-corrected chi connectivity index (χ1v) is 13.0. The molecule has 0 radical (unpaired) electrons. The Hall–Kier alpha value is -2.18. The van der Waals surface area contributed by atoms with Crippen molar-refractivity contribution in [3.63, 3.8) is 0 Å². The molecule has 32 heavy (non-hydrogen) atoms. The van der Waals surface area contributed by atoms with Crippen molar-refractivity contribution in [1.29, 1.82) is 0 Å². The molecule has 0 unspecified atom stereocenters. The predicted molar refractivity (Wildman–Crippen MR) is 129 cm³/mol. The van der Waals surface area contributed by atoms with Gasteiger partial charge in [0.15, 0.2) is 0 Å². The van der Waals surface area contributed by atoms with Crippen molar-refractivity contribution in [3.8, 4) is 0 Å². The van der Waals surface area contributed by atoms with Gasteiger partial charge >= 0.3 is 0 Å². The van der Waals surface area contributed by atoms with Crippen LogP contribution in [-0.2, 0) is 21.2 Å². The molecular weight excluding hydrogens is 420 g/mol. The molecule has 0 bridgehead atoms. The molecule has 0 atom stereocenters. The highest BCUT2D eigenvalue weighted by Gasteiger charge is 2.28. The zero-order valence-corrected chi connectivity index (χ0v) is 20.5. The third-order valence-corrected chi connectivity index (χ3v) is 8.21. The molecular formula is C26H36N2O3S. The largest absolute Gasteiger partial charge is 0.356 e. The fourth-order valence-electron chi connectivity index (χ4n) is 4.75. The van der Waals surface area contributed by atoms with Gasteiger partial charge in [0.25, 0.3) is 0 Å². The van der Waals surface area contributed by atoms with Crippen molar-refractivity contribution in [3.05, 3.63) is 64.2 Å². The molecule has 1 fully saturated rings. The van der Waals surface area contributed by atoms with Gasteiger partial charge < -0.3 is 5.32 Å². The van der Waals surface area contributed by atoms with Crippen molar-refractivity contribution in [2.24, 2.45) is 11.8 Å². The maximum absolute atomic E-state index is 12.9. The van der Waals surface area contributed by atoms with Gasteiger partial charge in [-0.15, -0.1) is 0 Å². The summed E-state index contributed by atoms with van der Waals surface area (Å²) in [6.45, 7) is 8.81. The van der Waals surface area contributed by atoms with E-state index < -0.39 is 10.0 Å². The Morgan fingerprint density at radius 1 is 0.906 bits per heavy atom. The summed E-state index contributed by atoms with van der Waals surface area (Å²) < 4.78 is 28.6. The van der Waals surface area contributed by atoms with E-state index >= 15 is 0 Å². The lowest BCUT2D eigenvalue weighted by Gasteiger charge is -2.28. The third-order valence-electron chi connectivity index (χ3n) is 6.49. The van der Waals surface area contributed by atoms with E-state index in [1.54, 1.807) is 0 Å². The molecule has 174 valence electrons. The Balaban J connectivity index is 1.43. The Bertz CT molecular complexity index is 1010. The van der Waals surface area contributed by atoms with E-state index in [0.717, 1.165) is 48.8 Å². The van der Waals surface area contributed by atoms with Crippen LogP contribution in [0.2, 0.25) is 0 Å². The number of benzene rings is 2. The van der Waals surface area contributed by atoms with Crippen LogP contribution < -0.4 is 10.0 Å². The molecule has 2 aromatic carbocycles. The second-order valence-corrected chi connectivity index (χ2v) is 11.0. The van der Waals surface area contributed by atoms with Gasteiger partial charge in [-0.05, 0) is 82.4 Å². The molecule has 0 saturated heterocycles. The fourth-order valence-corrected chi connectivity index (χ4v) is 6.31. The number of sulfonamides is 1. The van der Waals surface area contributed by atoms with Gasteiger partial charge in [0.1, 0.15) is 0 Å². The summed E-state index contributed by atoms with van der Waals surface area (Å²) >= 11 is 0. The van der Waals surface area contributed by atoms with Gasteiger partial charge in [-0.1, -0.05) is 47.5 Å². The molecule has 6 heteroatoms. The number of nitrogens with one attached hydrogen (secondary N) is 2. The minimum Gasteiger partial charge on any atom is -0.356 e. The summed E-state index contributed by atoms with van der Waals surface area (Å²) in [6, 6.07) is 12.2. The highest BCUT2D eigenvalue weighted by molar-refractivity contribution is 7.89. The number of carbonyl (C=O) groups is 1. The SMILES string of the molecule is Cc1ccc(CCNC(=O)C2CCC(CNS(=O)(=O)c3c(C)cc(C)cc3C)CC2)cc1. The summed E-state index contributed by atoms with van der Waals surface area (Å²) in [5.74, 6) is 0.428. The van der Waals surface area contributed by atoms with E-state index in [4.69, 9.17) is 0 Å². The smallest absolute Gasteiger partial charge is 0.241 e. The lowest BCUT2D eigenvalue weighted by molar-refractivity contribution is -0.126. The maximum atomic E-state index is 12.9. The standard InChI is InChI=1S/C26H36N2O3S/c1-18-5-7-22(8-6-18)13-14-27-26(29)24-11-9-23(10-12-24)17-28-32(30,31)25-20(3)15-19(2)16-21(25)4/h5-8,15-16,23-24,28H,9-14,17H2,1-4H3,(H,27,29). The normalized spacial score (nSPS) is 19.0. The summed E-state index contributed by atoms with van der Waals surface area (Å²) in [6.07, 6.45) is 4.19. The molecule has 0 heterocycles. The zero-order chi connectivity index (χ0) is 23.3. The van der Waals surface area contributed by atoms with Crippen LogP contribution in [0.25, 0.3) is 0 Å². The topological polar surface area (TPSA) is 75.3 Å². The van der Waals surface area contributed by atoms with E-state index in [0.29, 0.717) is 18.0 Å². The molecule has 1 aliphatic carbocycles. The molecule has 3 rings (SSSR count). The zero-order valence-electron chi connectivity index (χ0n) is 19.7. The molecule has 1 aliphatic rings. The Morgan fingerprint density at radius 2 is 1.50 bits per heavy atom. The highest BCUT2D eigenvalue weighted by Crippen LogP contribution is 2.29. The van der Waals surface area contributed by atoms with Crippen LogP contribution >= 0.6 is 0 Å². The number of carbonyl (C=O) groups excluding carboxylic acids is 1. The first-order valence-electron chi connectivity index (χ1n) is 11.6. The van der Waals surface area contributed by atoms with Crippen LogP contribution in [0, 0.1) is 39.5 Å². The number of amides is 1. The van der Waals surface area contributed by atoms with Crippen LogP contribution in [0.4, 0.5) is 0 Å².